The Kier molecular flexibility index (Phi) is 8.98. The van der Waals surface area contributed by atoms with Gasteiger partial charge in [0.05, 0.1) is 19.8 Å². The lowest BCUT2D eigenvalue weighted by Crippen LogP contribution is -2.11. The van der Waals surface area contributed by atoms with Crippen LogP contribution in [0.5, 0.6) is 5.75 Å². The molecule has 1 atom stereocenters. The lowest BCUT2D eigenvalue weighted by atomic mass is 10.1. The first-order valence-electron chi connectivity index (χ1n) is 6.47. The van der Waals surface area contributed by atoms with Gasteiger partial charge >= 0.3 is 0 Å². The van der Waals surface area contributed by atoms with Crippen LogP contribution in [0.4, 0.5) is 0 Å². The molecule has 0 unspecified atom stereocenters. The van der Waals surface area contributed by atoms with E-state index >= 15 is 0 Å². The molecule has 0 aromatic heterocycles. The van der Waals surface area contributed by atoms with Crippen LogP contribution in [0.1, 0.15) is 25.3 Å². The van der Waals surface area contributed by atoms with Crippen molar-refractivity contribution >= 4 is 34.2 Å². The van der Waals surface area contributed by atoms with E-state index in [1.165, 1.54) is 0 Å². The maximum atomic E-state index is 5.96. The molecule has 0 heterocycles. The summed E-state index contributed by atoms with van der Waals surface area (Å²) in [5.41, 5.74) is 1.14. The van der Waals surface area contributed by atoms with Crippen molar-refractivity contribution in [3.63, 3.8) is 0 Å². The highest BCUT2D eigenvalue weighted by molar-refractivity contribution is 14.1. The molecule has 0 aliphatic carbocycles. The molecule has 0 N–H and O–H groups in total. The predicted molar refractivity (Wildman–Crippen MR) is 93.6 cm³/mol. The van der Waals surface area contributed by atoms with Crippen LogP contribution in [0.2, 0.25) is 0 Å². The summed E-state index contributed by atoms with van der Waals surface area (Å²) in [6.07, 6.45) is 5.97. The monoisotopic (exact) mass is 406 g/mol. The first-order chi connectivity index (χ1) is 9.65. The highest BCUT2D eigenvalue weighted by atomic mass is 127. The van der Waals surface area contributed by atoms with Crippen molar-refractivity contribution in [1.29, 1.82) is 0 Å². The first kappa shape index (κ1) is 17.5. The quantitative estimate of drug-likeness (QED) is 0.534. The van der Waals surface area contributed by atoms with E-state index in [1.807, 2.05) is 41.3 Å². The summed E-state index contributed by atoms with van der Waals surface area (Å²) < 4.78 is 13.1. The van der Waals surface area contributed by atoms with Crippen LogP contribution in [0.3, 0.4) is 0 Å². The number of methoxy groups -OCH3 is 1. The molecule has 0 saturated heterocycles. The van der Waals surface area contributed by atoms with Gasteiger partial charge in [0.15, 0.2) is 0 Å². The topological polar surface area (TPSA) is 18.5 Å². The highest BCUT2D eigenvalue weighted by Gasteiger charge is 2.06. The second-order valence-corrected chi connectivity index (χ2v) is 5.72. The molecule has 1 rings (SSSR count). The summed E-state index contributed by atoms with van der Waals surface area (Å²) in [6, 6.07) is 7.93. The van der Waals surface area contributed by atoms with Gasteiger partial charge in [-0.15, -0.1) is 0 Å². The van der Waals surface area contributed by atoms with Crippen molar-refractivity contribution in [2.45, 2.75) is 32.5 Å². The third-order valence-electron chi connectivity index (χ3n) is 2.79. The molecular weight excluding hydrogens is 387 g/mol. The summed E-state index contributed by atoms with van der Waals surface area (Å²) in [7, 11) is 1.67. The molecule has 20 heavy (non-hydrogen) atoms. The molecule has 0 spiro atoms. The Labute approximate surface area is 139 Å². The Hall–Kier alpha value is -0.520. The third kappa shape index (κ3) is 7.31. The fourth-order valence-corrected chi connectivity index (χ4v) is 2.05. The van der Waals surface area contributed by atoms with Crippen LogP contribution >= 0.6 is 34.2 Å². The zero-order valence-electron chi connectivity index (χ0n) is 11.8. The summed E-state index contributed by atoms with van der Waals surface area (Å²) in [6.45, 7) is 2.48. The van der Waals surface area contributed by atoms with Crippen molar-refractivity contribution in [2.75, 3.05) is 7.11 Å². The minimum atomic E-state index is 0.150. The minimum Gasteiger partial charge on any atom is -0.497 e. The van der Waals surface area contributed by atoms with E-state index in [2.05, 4.69) is 28.7 Å². The van der Waals surface area contributed by atoms with Crippen molar-refractivity contribution in [3.8, 4) is 5.75 Å². The maximum Gasteiger partial charge on any atom is 0.118 e. The fraction of sp³-hybridized carbons (Fsp3) is 0.375. The van der Waals surface area contributed by atoms with E-state index in [-0.39, 0.29) is 6.10 Å². The third-order valence-corrected chi connectivity index (χ3v) is 3.46. The summed E-state index contributed by atoms with van der Waals surface area (Å²) in [5, 5.41) is 0.807. The fourth-order valence-electron chi connectivity index (χ4n) is 1.67. The normalized spacial score (nSPS) is 13.7. The zero-order chi connectivity index (χ0) is 14.8. The first-order valence-corrected chi connectivity index (χ1v) is 8.10. The van der Waals surface area contributed by atoms with Crippen molar-refractivity contribution in [2.24, 2.45) is 0 Å². The number of allylic oxidation sites excluding steroid dienone is 1. The number of hydrogen-bond donors (Lipinski definition) is 0. The molecule has 2 nitrogen and oxygen atoms in total. The molecule has 4 heteroatoms. The van der Waals surface area contributed by atoms with Crippen molar-refractivity contribution < 1.29 is 9.47 Å². The van der Waals surface area contributed by atoms with Gasteiger partial charge in [-0.1, -0.05) is 58.5 Å². The zero-order valence-corrected chi connectivity index (χ0v) is 14.7. The van der Waals surface area contributed by atoms with E-state index in [0.717, 1.165) is 29.2 Å². The van der Waals surface area contributed by atoms with Gasteiger partial charge in [-0.3, -0.25) is 0 Å². The summed E-state index contributed by atoms with van der Waals surface area (Å²) in [4.78, 5) is 0. The summed E-state index contributed by atoms with van der Waals surface area (Å²) in [5.74, 6) is 0.860. The molecule has 0 amide bonds. The van der Waals surface area contributed by atoms with Crippen molar-refractivity contribution in [3.05, 3.63) is 51.1 Å². The Morgan fingerprint density at radius 2 is 2.00 bits per heavy atom. The lowest BCUT2D eigenvalue weighted by molar-refractivity contribution is 0.0446. The van der Waals surface area contributed by atoms with E-state index in [9.17, 15) is 0 Å². The largest absolute Gasteiger partial charge is 0.497 e. The SMILES string of the molecule is COc1ccc(CO[C@H](CC=CI)CC=C(C)Cl)cc1. The molecule has 0 bridgehead atoms. The Bertz CT molecular complexity index is 436. The van der Waals surface area contributed by atoms with Gasteiger partial charge in [-0.05, 0) is 41.5 Å². The van der Waals surface area contributed by atoms with Gasteiger partial charge in [0.25, 0.3) is 0 Å². The van der Waals surface area contributed by atoms with Gasteiger partial charge in [0.1, 0.15) is 5.75 Å². The Morgan fingerprint density at radius 3 is 2.55 bits per heavy atom. The number of rotatable bonds is 8. The summed E-state index contributed by atoms with van der Waals surface area (Å²) >= 11 is 8.10. The van der Waals surface area contributed by atoms with E-state index in [1.54, 1.807) is 7.11 Å². The molecule has 1 aromatic carbocycles. The van der Waals surface area contributed by atoms with Gasteiger partial charge < -0.3 is 9.47 Å². The molecule has 0 radical (unpaired) electrons. The second-order valence-electron chi connectivity index (χ2n) is 4.41. The van der Waals surface area contributed by atoms with Crippen molar-refractivity contribution in [1.82, 2.24) is 0 Å². The van der Waals surface area contributed by atoms with Crippen LogP contribution in [-0.2, 0) is 11.3 Å². The number of hydrogen-bond acceptors (Lipinski definition) is 2. The smallest absolute Gasteiger partial charge is 0.118 e. The van der Waals surface area contributed by atoms with Gasteiger partial charge in [-0.2, -0.15) is 0 Å². The van der Waals surface area contributed by atoms with E-state index in [0.29, 0.717) is 6.61 Å². The van der Waals surface area contributed by atoms with Crippen LogP contribution < -0.4 is 4.74 Å². The molecule has 110 valence electrons. The predicted octanol–water partition coefficient (Wildman–Crippen LogP) is 5.45. The lowest BCUT2D eigenvalue weighted by Gasteiger charge is -2.15. The van der Waals surface area contributed by atoms with E-state index < -0.39 is 0 Å². The average molecular weight is 407 g/mol. The number of ether oxygens (including phenoxy) is 2. The molecule has 1 aromatic rings. The standard InChI is InChI=1S/C16H20ClIO2/c1-13(17)5-8-16(4-3-11-18)20-12-14-6-9-15(19-2)10-7-14/h3,5-7,9-11,16H,4,8,12H2,1-2H3/t16-/m1/s1. The number of benzene rings is 1. The maximum absolute atomic E-state index is 5.96. The molecule has 0 saturated carbocycles. The molecule has 0 aliphatic heterocycles. The Balaban J connectivity index is 2.52. The van der Waals surface area contributed by atoms with Gasteiger partial charge in [0, 0.05) is 5.03 Å². The molecule has 0 fully saturated rings. The molecule has 0 aliphatic rings. The van der Waals surface area contributed by atoms with Gasteiger partial charge in [0.2, 0.25) is 0 Å². The van der Waals surface area contributed by atoms with Crippen LogP contribution in [0.15, 0.2) is 45.5 Å². The Morgan fingerprint density at radius 1 is 1.30 bits per heavy atom. The second kappa shape index (κ2) is 10.2. The van der Waals surface area contributed by atoms with Crippen LogP contribution in [0, 0.1) is 0 Å². The minimum absolute atomic E-state index is 0.150. The van der Waals surface area contributed by atoms with Crippen LogP contribution in [0.25, 0.3) is 0 Å². The highest BCUT2D eigenvalue weighted by Crippen LogP contribution is 2.16. The van der Waals surface area contributed by atoms with Crippen LogP contribution in [-0.4, -0.2) is 13.2 Å². The number of halogens is 2. The molecular formula is C16H20ClIO2. The van der Waals surface area contributed by atoms with Gasteiger partial charge in [-0.25, -0.2) is 0 Å². The van der Waals surface area contributed by atoms with E-state index in [4.69, 9.17) is 21.1 Å². The average Bonchev–Trinajstić information content (AvgIpc) is 2.46.